The molecule has 0 aliphatic heterocycles. The topological polar surface area (TPSA) is 44.0 Å². The molecular weight excluding hydrogens is 276 g/mol. The van der Waals surface area contributed by atoms with Crippen LogP contribution in [-0.4, -0.2) is 9.13 Å². The van der Waals surface area contributed by atoms with E-state index in [1.807, 2.05) is 9.13 Å². The van der Waals surface area contributed by atoms with E-state index in [0.717, 1.165) is 13.1 Å². The molecule has 4 nitrogen and oxygen atoms in total. The van der Waals surface area contributed by atoms with Gasteiger partial charge in [0.1, 0.15) is 0 Å². The maximum atomic E-state index is 11.1. The van der Waals surface area contributed by atoms with Gasteiger partial charge in [0.25, 0.3) is 0 Å². The minimum absolute atomic E-state index is 0.0210. The normalized spacial score (nSPS) is 10.5. The standard InChI is InChI=1S/C18H16N2O2/c21-17-5-9-19(10-6-17)13-15-1-2-16(4-3-15)14-20-11-7-18(22)8-12-20/h1-12H,13-14H2. The van der Waals surface area contributed by atoms with Gasteiger partial charge in [-0.15, -0.1) is 0 Å². The number of hydrogen-bond acceptors (Lipinski definition) is 2. The summed E-state index contributed by atoms with van der Waals surface area (Å²) in [6.45, 7) is 1.47. The number of hydrogen-bond donors (Lipinski definition) is 0. The Morgan fingerprint density at radius 2 is 0.864 bits per heavy atom. The summed E-state index contributed by atoms with van der Waals surface area (Å²) in [5.74, 6) is 0. The molecule has 0 saturated heterocycles. The molecule has 0 fully saturated rings. The molecule has 3 rings (SSSR count). The molecule has 0 aliphatic carbocycles. The highest BCUT2D eigenvalue weighted by atomic mass is 16.1. The van der Waals surface area contributed by atoms with Crippen LogP contribution in [0.4, 0.5) is 0 Å². The van der Waals surface area contributed by atoms with Crippen molar-refractivity contribution in [2.75, 3.05) is 0 Å². The molecule has 0 amide bonds. The van der Waals surface area contributed by atoms with Crippen LogP contribution in [-0.2, 0) is 13.1 Å². The summed E-state index contributed by atoms with van der Waals surface area (Å²) in [5.41, 5.74) is 2.39. The largest absolute Gasteiger partial charge is 0.350 e. The summed E-state index contributed by atoms with van der Waals surface area (Å²) in [7, 11) is 0. The Morgan fingerprint density at radius 3 is 1.18 bits per heavy atom. The van der Waals surface area contributed by atoms with E-state index >= 15 is 0 Å². The lowest BCUT2D eigenvalue weighted by molar-refractivity contribution is 0.777. The summed E-state index contributed by atoms with van der Waals surface area (Å²) < 4.78 is 3.94. The number of pyridine rings is 2. The first kappa shape index (κ1) is 14.1. The Hall–Kier alpha value is -2.88. The molecule has 0 N–H and O–H groups in total. The third kappa shape index (κ3) is 3.61. The molecule has 22 heavy (non-hydrogen) atoms. The van der Waals surface area contributed by atoms with Crippen LogP contribution < -0.4 is 10.9 Å². The first-order valence-electron chi connectivity index (χ1n) is 7.09. The molecule has 0 atom stereocenters. The zero-order valence-electron chi connectivity index (χ0n) is 12.1. The summed E-state index contributed by atoms with van der Waals surface area (Å²) in [6, 6.07) is 14.6. The second kappa shape index (κ2) is 6.26. The second-order valence-corrected chi connectivity index (χ2v) is 5.23. The van der Waals surface area contributed by atoms with Gasteiger partial charge in [0, 0.05) is 62.1 Å². The number of aromatic nitrogens is 2. The molecule has 0 aliphatic rings. The van der Waals surface area contributed by atoms with Gasteiger partial charge in [-0.25, -0.2) is 0 Å². The lowest BCUT2D eigenvalue weighted by atomic mass is 10.1. The van der Waals surface area contributed by atoms with Crippen LogP contribution in [0.15, 0.2) is 82.9 Å². The van der Waals surface area contributed by atoms with Crippen LogP contribution in [0.1, 0.15) is 11.1 Å². The van der Waals surface area contributed by atoms with Crippen LogP contribution in [0.25, 0.3) is 0 Å². The van der Waals surface area contributed by atoms with E-state index in [1.54, 1.807) is 49.1 Å². The van der Waals surface area contributed by atoms with E-state index in [0.29, 0.717) is 0 Å². The van der Waals surface area contributed by atoms with Crippen molar-refractivity contribution in [1.29, 1.82) is 0 Å². The Kier molecular flexibility index (Phi) is 4.01. The van der Waals surface area contributed by atoms with Gasteiger partial charge in [-0.3, -0.25) is 9.59 Å². The zero-order chi connectivity index (χ0) is 15.4. The average Bonchev–Trinajstić information content (AvgIpc) is 2.54. The lowest BCUT2D eigenvalue weighted by Gasteiger charge is -2.09. The van der Waals surface area contributed by atoms with Gasteiger partial charge >= 0.3 is 0 Å². The van der Waals surface area contributed by atoms with E-state index in [9.17, 15) is 9.59 Å². The lowest BCUT2D eigenvalue weighted by Crippen LogP contribution is -2.06. The highest BCUT2D eigenvalue weighted by Crippen LogP contribution is 2.07. The number of nitrogens with zero attached hydrogens (tertiary/aromatic N) is 2. The van der Waals surface area contributed by atoms with Crippen molar-refractivity contribution in [3.05, 3.63) is 105 Å². The first-order chi connectivity index (χ1) is 10.7. The van der Waals surface area contributed by atoms with Crippen LogP contribution in [0.2, 0.25) is 0 Å². The van der Waals surface area contributed by atoms with E-state index in [1.165, 1.54) is 11.1 Å². The Morgan fingerprint density at radius 1 is 0.545 bits per heavy atom. The van der Waals surface area contributed by atoms with Crippen molar-refractivity contribution in [3.8, 4) is 0 Å². The third-order valence-electron chi connectivity index (χ3n) is 3.47. The molecule has 0 unspecified atom stereocenters. The third-order valence-corrected chi connectivity index (χ3v) is 3.47. The van der Waals surface area contributed by atoms with E-state index < -0.39 is 0 Å². The molecule has 110 valence electrons. The van der Waals surface area contributed by atoms with E-state index in [2.05, 4.69) is 24.3 Å². The van der Waals surface area contributed by atoms with Crippen LogP contribution >= 0.6 is 0 Å². The van der Waals surface area contributed by atoms with Crippen molar-refractivity contribution in [2.45, 2.75) is 13.1 Å². The summed E-state index contributed by atoms with van der Waals surface area (Å²) in [4.78, 5) is 22.2. The molecule has 0 bridgehead atoms. The van der Waals surface area contributed by atoms with Crippen LogP contribution in [0, 0.1) is 0 Å². The average molecular weight is 292 g/mol. The van der Waals surface area contributed by atoms with Gasteiger partial charge in [-0.05, 0) is 11.1 Å². The fourth-order valence-corrected chi connectivity index (χ4v) is 2.27. The molecule has 0 saturated carbocycles. The molecule has 2 aromatic heterocycles. The van der Waals surface area contributed by atoms with Gasteiger partial charge in [-0.1, -0.05) is 24.3 Å². The molecule has 0 radical (unpaired) electrons. The second-order valence-electron chi connectivity index (χ2n) is 5.23. The van der Waals surface area contributed by atoms with Gasteiger partial charge < -0.3 is 9.13 Å². The van der Waals surface area contributed by atoms with Crippen molar-refractivity contribution < 1.29 is 0 Å². The van der Waals surface area contributed by atoms with Gasteiger partial charge in [0.05, 0.1) is 0 Å². The quantitative estimate of drug-likeness (QED) is 0.739. The molecule has 3 aromatic rings. The Bertz CT molecular complexity index is 761. The first-order valence-corrected chi connectivity index (χ1v) is 7.09. The monoisotopic (exact) mass is 292 g/mol. The van der Waals surface area contributed by atoms with Crippen molar-refractivity contribution >= 4 is 0 Å². The maximum absolute atomic E-state index is 11.1. The zero-order valence-corrected chi connectivity index (χ0v) is 12.1. The Balaban J connectivity index is 1.69. The van der Waals surface area contributed by atoms with Crippen LogP contribution in [0.5, 0.6) is 0 Å². The van der Waals surface area contributed by atoms with Gasteiger partial charge in [0.15, 0.2) is 10.9 Å². The maximum Gasteiger partial charge on any atom is 0.181 e. The van der Waals surface area contributed by atoms with Crippen LogP contribution in [0.3, 0.4) is 0 Å². The predicted molar refractivity (Wildman–Crippen MR) is 86.1 cm³/mol. The van der Waals surface area contributed by atoms with E-state index in [4.69, 9.17) is 0 Å². The minimum Gasteiger partial charge on any atom is -0.350 e. The fraction of sp³-hybridized carbons (Fsp3) is 0.111. The number of benzene rings is 1. The predicted octanol–water partition coefficient (Wildman–Crippen LogP) is 2.11. The molecule has 2 heterocycles. The SMILES string of the molecule is O=c1ccn(Cc2ccc(Cn3ccc(=O)cc3)cc2)cc1. The fourth-order valence-electron chi connectivity index (χ4n) is 2.27. The summed E-state index contributed by atoms with van der Waals surface area (Å²) in [6.07, 6.45) is 7.15. The van der Waals surface area contributed by atoms with Crippen molar-refractivity contribution in [2.24, 2.45) is 0 Å². The molecular formula is C18H16N2O2. The van der Waals surface area contributed by atoms with Gasteiger partial charge in [0.2, 0.25) is 0 Å². The molecule has 0 spiro atoms. The number of rotatable bonds is 4. The van der Waals surface area contributed by atoms with Crippen molar-refractivity contribution in [1.82, 2.24) is 9.13 Å². The van der Waals surface area contributed by atoms with Crippen molar-refractivity contribution in [3.63, 3.8) is 0 Å². The minimum atomic E-state index is 0.0210. The van der Waals surface area contributed by atoms with E-state index in [-0.39, 0.29) is 10.9 Å². The van der Waals surface area contributed by atoms with Gasteiger partial charge in [-0.2, -0.15) is 0 Å². The highest BCUT2D eigenvalue weighted by Gasteiger charge is 1.97. The smallest absolute Gasteiger partial charge is 0.181 e. The Labute approximate surface area is 127 Å². The summed E-state index contributed by atoms with van der Waals surface area (Å²) in [5, 5.41) is 0. The highest BCUT2D eigenvalue weighted by molar-refractivity contribution is 5.23. The molecule has 1 aromatic carbocycles. The molecule has 4 heteroatoms. The summed E-state index contributed by atoms with van der Waals surface area (Å²) >= 11 is 0.